The van der Waals surface area contributed by atoms with Gasteiger partial charge in [-0.05, 0) is 42.9 Å². The molecule has 1 saturated heterocycles. The molecule has 2 N–H and O–H groups in total. The Morgan fingerprint density at radius 1 is 1.32 bits per heavy atom. The van der Waals surface area contributed by atoms with E-state index in [2.05, 4.69) is 30.0 Å². The van der Waals surface area contributed by atoms with Gasteiger partial charge in [-0.2, -0.15) is 0 Å². The van der Waals surface area contributed by atoms with Gasteiger partial charge in [0.05, 0.1) is 0 Å². The summed E-state index contributed by atoms with van der Waals surface area (Å²) in [5.41, 5.74) is 7.94. The van der Waals surface area contributed by atoms with Gasteiger partial charge in [-0.3, -0.25) is 0 Å². The molecule has 1 fully saturated rings. The van der Waals surface area contributed by atoms with Crippen LogP contribution in [0.25, 0.3) is 0 Å². The predicted octanol–water partition coefficient (Wildman–Crippen LogP) is 4.21. The van der Waals surface area contributed by atoms with Crippen LogP contribution < -0.4 is 10.6 Å². The van der Waals surface area contributed by atoms with Gasteiger partial charge in [0.25, 0.3) is 0 Å². The Hall–Kier alpha value is -0.730. The highest BCUT2D eigenvalue weighted by Crippen LogP contribution is 2.28. The summed E-state index contributed by atoms with van der Waals surface area (Å²) in [6.07, 6.45) is 6.66. The van der Waals surface area contributed by atoms with E-state index in [1.54, 1.807) is 0 Å². The zero-order chi connectivity index (χ0) is 13.7. The van der Waals surface area contributed by atoms with Gasteiger partial charge in [-0.15, -0.1) is 0 Å². The summed E-state index contributed by atoms with van der Waals surface area (Å²) < 4.78 is 0. The third-order valence-corrected chi connectivity index (χ3v) is 4.52. The van der Waals surface area contributed by atoms with Crippen LogP contribution in [0.2, 0.25) is 5.02 Å². The molecule has 1 atom stereocenters. The molecule has 0 aromatic heterocycles. The number of benzene rings is 1. The molecule has 0 radical (unpaired) electrons. The van der Waals surface area contributed by atoms with E-state index in [4.69, 9.17) is 17.3 Å². The maximum absolute atomic E-state index is 6.26. The van der Waals surface area contributed by atoms with Crippen LogP contribution in [0.5, 0.6) is 0 Å². The minimum absolute atomic E-state index is 0.512. The minimum Gasteiger partial charge on any atom is -0.371 e. The molecule has 1 aromatic carbocycles. The van der Waals surface area contributed by atoms with Crippen molar-refractivity contribution in [1.29, 1.82) is 0 Å². The highest BCUT2D eigenvalue weighted by atomic mass is 35.5. The SMILES string of the molecule is CCCC1CCCN(c2ccc(CN)c(Cl)c2)CC1. The van der Waals surface area contributed by atoms with Crippen molar-refractivity contribution in [1.82, 2.24) is 0 Å². The fourth-order valence-electron chi connectivity index (χ4n) is 3.02. The van der Waals surface area contributed by atoms with Crippen LogP contribution in [0.3, 0.4) is 0 Å². The third kappa shape index (κ3) is 3.87. The summed E-state index contributed by atoms with van der Waals surface area (Å²) in [4.78, 5) is 2.47. The van der Waals surface area contributed by atoms with Crippen molar-refractivity contribution in [3.63, 3.8) is 0 Å². The van der Waals surface area contributed by atoms with Gasteiger partial charge in [-0.1, -0.05) is 37.4 Å². The lowest BCUT2D eigenvalue weighted by Crippen LogP contribution is -2.24. The van der Waals surface area contributed by atoms with E-state index in [1.165, 1.54) is 37.8 Å². The molecule has 0 amide bonds. The standard InChI is InChI=1S/C16H25ClN2/c1-2-4-13-5-3-9-19(10-8-13)15-7-6-14(12-18)16(17)11-15/h6-7,11,13H,2-5,8-10,12,18H2,1H3. The van der Waals surface area contributed by atoms with Crippen LogP contribution in [-0.4, -0.2) is 13.1 Å². The summed E-state index contributed by atoms with van der Waals surface area (Å²) in [5.74, 6) is 0.911. The Balaban J connectivity index is 2.03. The first-order valence-electron chi connectivity index (χ1n) is 7.48. The summed E-state index contributed by atoms with van der Waals surface area (Å²) in [5, 5.41) is 0.800. The molecule has 1 heterocycles. The lowest BCUT2D eigenvalue weighted by Gasteiger charge is -2.23. The molecular weight excluding hydrogens is 256 g/mol. The van der Waals surface area contributed by atoms with Gasteiger partial charge in [0, 0.05) is 30.3 Å². The molecular formula is C16H25ClN2. The Morgan fingerprint density at radius 3 is 2.84 bits per heavy atom. The number of nitrogens with zero attached hydrogens (tertiary/aromatic N) is 1. The largest absolute Gasteiger partial charge is 0.371 e. The summed E-state index contributed by atoms with van der Waals surface area (Å²) >= 11 is 6.26. The van der Waals surface area contributed by atoms with Crippen molar-refractivity contribution in [2.24, 2.45) is 11.7 Å². The maximum atomic E-state index is 6.26. The van der Waals surface area contributed by atoms with Crippen LogP contribution in [-0.2, 0) is 6.54 Å². The second-order valence-corrected chi connectivity index (χ2v) is 5.96. The number of nitrogens with two attached hydrogens (primary N) is 1. The van der Waals surface area contributed by atoms with E-state index < -0.39 is 0 Å². The van der Waals surface area contributed by atoms with Gasteiger partial charge in [0.15, 0.2) is 0 Å². The second kappa shape index (κ2) is 7.16. The van der Waals surface area contributed by atoms with E-state index in [1.807, 2.05) is 0 Å². The Labute approximate surface area is 121 Å². The molecule has 19 heavy (non-hydrogen) atoms. The molecule has 106 valence electrons. The number of rotatable bonds is 4. The molecule has 1 aliphatic rings. The molecule has 1 unspecified atom stereocenters. The topological polar surface area (TPSA) is 29.3 Å². The van der Waals surface area contributed by atoms with Gasteiger partial charge in [0.1, 0.15) is 0 Å². The van der Waals surface area contributed by atoms with Gasteiger partial charge >= 0.3 is 0 Å². The number of hydrogen-bond donors (Lipinski definition) is 1. The summed E-state index contributed by atoms with van der Waals surface area (Å²) in [6.45, 7) is 5.10. The van der Waals surface area contributed by atoms with Crippen LogP contribution in [0, 0.1) is 5.92 Å². The van der Waals surface area contributed by atoms with Crippen LogP contribution >= 0.6 is 11.6 Å². The van der Waals surface area contributed by atoms with E-state index in [0.29, 0.717) is 6.54 Å². The molecule has 0 aliphatic carbocycles. The Bertz CT molecular complexity index is 406. The second-order valence-electron chi connectivity index (χ2n) is 5.55. The van der Waals surface area contributed by atoms with Gasteiger partial charge in [0.2, 0.25) is 0 Å². The first kappa shape index (κ1) is 14.7. The minimum atomic E-state index is 0.512. The molecule has 3 heteroatoms. The average molecular weight is 281 g/mol. The van der Waals surface area contributed by atoms with Gasteiger partial charge < -0.3 is 10.6 Å². The quantitative estimate of drug-likeness (QED) is 0.895. The van der Waals surface area contributed by atoms with Crippen LogP contribution in [0.1, 0.15) is 44.6 Å². The number of hydrogen-bond acceptors (Lipinski definition) is 2. The van der Waals surface area contributed by atoms with E-state index in [-0.39, 0.29) is 0 Å². The van der Waals surface area contributed by atoms with Crippen molar-refractivity contribution in [3.8, 4) is 0 Å². The third-order valence-electron chi connectivity index (χ3n) is 4.17. The summed E-state index contributed by atoms with van der Waals surface area (Å²) in [7, 11) is 0. The molecule has 0 saturated carbocycles. The predicted molar refractivity (Wildman–Crippen MR) is 83.8 cm³/mol. The normalized spacial score (nSPS) is 20.4. The van der Waals surface area contributed by atoms with Crippen LogP contribution in [0.4, 0.5) is 5.69 Å². The van der Waals surface area contributed by atoms with Crippen molar-refractivity contribution in [3.05, 3.63) is 28.8 Å². The molecule has 2 rings (SSSR count). The average Bonchev–Trinajstić information content (AvgIpc) is 2.65. The monoisotopic (exact) mass is 280 g/mol. The highest BCUT2D eigenvalue weighted by molar-refractivity contribution is 6.31. The molecule has 2 nitrogen and oxygen atoms in total. The van der Waals surface area contributed by atoms with Crippen molar-refractivity contribution in [2.45, 2.75) is 45.6 Å². The molecule has 0 spiro atoms. The van der Waals surface area contributed by atoms with Crippen molar-refractivity contribution < 1.29 is 0 Å². The zero-order valence-corrected chi connectivity index (χ0v) is 12.6. The smallest absolute Gasteiger partial charge is 0.0471 e. The first-order chi connectivity index (χ1) is 9.24. The van der Waals surface area contributed by atoms with E-state index >= 15 is 0 Å². The molecule has 1 aromatic rings. The Kier molecular flexibility index (Phi) is 5.53. The lowest BCUT2D eigenvalue weighted by atomic mass is 9.96. The van der Waals surface area contributed by atoms with Crippen molar-refractivity contribution in [2.75, 3.05) is 18.0 Å². The molecule has 1 aliphatic heterocycles. The van der Waals surface area contributed by atoms with Crippen LogP contribution in [0.15, 0.2) is 18.2 Å². The number of halogens is 1. The highest BCUT2D eigenvalue weighted by Gasteiger charge is 2.17. The summed E-state index contributed by atoms with van der Waals surface area (Å²) in [6, 6.07) is 6.30. The fourth-order valence-corrected chi connectivity index (χ4v) is 3.27. The number of anilines is 1. The molecule has 0 bridgehead atoms. The van der Waals surface area contributed by atoms with Crippen molar-refractivity contribution >= 4 is 17.3 Å². The lowest BCUT2D eigenvalue weighted by molar-refractivity contribution is 0.435. The van der Waals surface area contributed by atoms with E-state index in [0.717, 1.165) is 29.6 Å². The van der Waals surface area contributed by atoms with Gasteiger partial charge in [-0.25, -0.2) is 0 Å². The first-order valence-corrected chi connectivity index (χ1v) is 7.85. The zero-order valence-electron chi connectivity index (χ0n) is 11.9. The fraction of sp³-hybridized carbons (Fsp3) is 0.625. The van der Waals surface area contributed by atoms with E-state index in [9.17, 15) is 0 Å². The maximum Gasteiger partial charge on any atom is 0.0471 e. The Morgan fingerprint density at radius 2 is 2.16 bits per heavy atom.